The molecular weight excluding hydrogens is 238 g/mol. The molecule has 2 rings (SSSR count). The van der Waals surface area contributed by atoms with Gasteiger partial charge in [0.05, 0.1) is 6.10 Å². The van der Waals surface area contributed by atoms with Gasteiger partial charge in [-0.25, -0.2) is 0 Å². The van der Waals surface area contributed by atoms with Crippen LogP contribution in [0.15, 0.2) is 24.3 Å². The van der Waals surface area contributed by atoms with Gasteiger partial charge in [-0.15, -0.1) is 0 Å². The summed E-state index contributed by atoms with van der Waals surface area (Å²) >= 11 is 0. The second-order valence-electron chi connectivity index (χ2n) is 5.29. The maximum absolute atomic E-state index is 10.0. The van der Waals surface area contributed by atoms with Crippen molar-refractivity contribution in [3.63, 3.8) is 0 Å². The van der Waals surface area contributed by atoms with Gasteiger partial charge in [-0.05, 0) is 43.5 Å². The quantitative estimate of drug-likeness (QED) is 0.803. The number of hydrogen-bond acceptors (Lipinski definition) is 3. The molecule has 1 aliphatic carbocycles. The topological polar surface area (TPSA) is 41.5 Å². The Labute approximate surface area is 116 Å². The van der Waals surface area contributed by atoms with Crippen molar-refractivity contribution in [2.75, 3.05) is 6.54 Å². The standard InChI is InChI=1S/C16H25NO2/c1-2-17-12-13-8-10-14(11-9-13)19-16-7-5-3-4-6-15(16)18/h8-11,15-18H,2-7,12H2,1H3. The zero-order valence-electron chi connectivity index (χ0n) is 11.8. The fraction of sp³-hybridized carbons (Fsp3) is 0.625. The van der Waals surface area contributed by atoms with E-state index in [1.54, 1.807) is 0 Å². The summed E-state index contributed by atoms with van der Waals surface area (Å²) in [6, 6.07) is 8.18. The molecule has 106 valence electrons. The lowest BCUT2D eigenvalue weighted by atomic mass is 10.1. The van der Waals surface area contributed by atoms with Gasteiger partial charge in [-0.1, -0.05) is 31.9 Å². The highest BCUT2D eigenvalue weighted by molar-refractivity contribution is 5.27. The molecule has 2 unspecified atom stereocenters. The maximum atomic E-state index is 10.0. The fourth-order valence-electron chi connectivity index (χ4n) is 2.52. The smallest absolute Gasteiger partial charge is 0.124 e. The first-order chi connectivity index (χ1) is 9.29. The number of ether oxygens (including phenoxy) is 1. The van der Waals surface area contributed by atoms with E-state index in [1.165, 1.54) is 12.0 Å². The largest absolute Gasteiger partial charge is 0.488 e. The Kier molecular flexibility index (Phi) is 5.67. The maximum Gasteiger partial charge on any atom is 0.124 e. The Balaban J connectivity index is 1.90. The minimum atomic E-state index is -0.316. The fourth-order valence-corrected chi connectivity index (χ4v) is 2.52. The molecule has 1 fully saturated rings. The molecular formula is C16H25NO2. The first-order valence-electron chi connectivity index (χ1n) is 7.44. The van der Waals surface area contributed by atoms with Crippen molar-refractivity contribution < 1.29 is 9.84 Å². The van der Waals surface area contributed by atoms with Crippen molar-refractivity contribution in [3.05, 3.63) is 29.8 Å². The van der Waals surface area contributed by atoms with Gasteiger partial charge in [0.15, 0.2) is 0 Å². The van der Waals surface area contributed by atoms with Crippen LogP contribution < -0.4 is 10.1 Å². The summed E-state index contributed by atoms with van der Waals surface area (Å²) < 4.78 is 5.94. The Hall–Kier alpha value is -1.06. The monoisotopic (exact) mass is 263 g/mol. The zero-order valence-corrected chi connectivity index (χ0v) is 11.8. The van der Waals surface area contributed by atoms with Crippen LogP contribution in [0, 0.1) is 0 Å². The van der Waals surface area contributed by atoms with E-state index in [0.717, 1.165) is 44.5 Å². The Morgan fingerprint density at radius 1 is 1.16 bits per heavy atom. The van der Waals surface area contributed by atoms with Crippen molar-refractivity contribution in [1.82, 2.24) is 5.32 Å². The zero-order chi connectivity index (χ0) is 13.5. The molecule has 0 heterocycles. The van der Waals surface area contributed by atoms with Crippen LogP contribution >= 0.6 is 0 Å². The summed E-state index contributed by atoms with van der Waals surface area (Å²) in [6.45, 7) is 3.97. The first kappa shape index (κ1) is 14.4. The SMILES string of the molecule is CCNCc1ccc(OC2CCCCCC2O)cc1. The highest BCUT2D eigenvalue weighted by Gasteiger charge is 2.23. The van der Waals surface area contributed by atoms with Crippen LogP contribution in [0.2, 0.25) is 0 Å². The first-order valence-corrected chi connectivity index (χ1v) is 7.44. The van der Waals surface area contributed by atoms with E-state index in [2.05, 4.69) is 24.4 Å². The molecule has 0 spiro atoms. The Morgan fingerprint density at radius 3 is 2.63 bits per heavy atom. The summed E-state index contributed by atoms with van der Waals surface area (Å²) in [7, 11) is 0. The number of nitrogens with one attached hydrogen (secondary N) is 1. The lowest BCUT2D eigenvalue weighted by Gasteiger charge is -2.22. The number of benzene rings is 1. The molecule has 2 atom stereocenters. The van der Waals surface area contributed by atoms with Gasteiger partial charge in [-0.3, -0.25) is 0 Å². The molecule has 1 aromatic rings. The third kappa shape index (κ3) is 4.51. The molecule has 3 heteroatoms. The highest BCUT2D eigenvalue weighted by Crippen LogP contribution is 2.23. The van der Waals surface area contributed by atoms with Crippen LogP contribution in [-0.4, -0.2) is 23.9 Å². The molecule has 0 aliphatic heterocycles. The van der Waals surface area contributed by atoms with Crippen LogP contribution in [0.5, 0.6) is 5.75 Å². The van der Waals surface area contributed by atoms with E-state index in [1.807, 2.05) is 12.1 Å². The second kappa shape index (κ2) is 7.51. The van der Waals surface area contributed by atoms with E-state index in [4.69, 9.17) is 4.74 Å². The van der Waals surface area contributed by atoms with Gasteiger partial charge in [-0.2, -0.15) is 0 Å². The summed E-state index contributed by atoms with van der Waals surface area (Å²) in [6.07, 6.45) is 4.94. The van der Waals surface area contributed by atoms with Crippen LogP contribution in [-0.2, 0) is 6.54 Å². The number of hydrogen-bond donors (Lipinski definition) is 2. The molecule has 1 aromatic carbocycles. The van der Waals surface area contributed by atoms with Crippen LogP contribution in [0.1, 0.15) is 44.6 Å². The second-order valence-corrected chi connectivity index (χ2v) is 5.29. The lowest BCUT2D eigenvalue weighted by molar-refractivity contribution is 0.0320. The summed E-state index contributed by atoms with van der Waals surface area (Å²) in [4.78, 5) is 0. The van der Waals surface area contributed by atoms with Crippen LogP contribution in [0.25, 0.3) is 0 Å². The molecule has 2 N–H and O–H groups in total. The van der Waals surface area contributed by atoms with E-state index in [-0.39, 0.29) is 12.2 Å². The number of rotatable bonds is 5. The molecule has 0 bridgehead atoms. The Bertz CT molecular complexity index is 364. The molecule has 19 heavy (non-hydrogen) atoms. The predicted molar refractivity (Wildman–Crippen MR) is 77.3 cm³/mol. The average molecular weight is 263 g/mol. The molecule has 0 aromatic heterocycles. The molecule has 0 amide bonds. The van der Waals surface area contributed by atoms with Gasteiger partial charge < -0.3 is 15.2 Å². The van der Waals surface area contributed by atoms with Gasteiger partial charge in [0, 0.05) is 6.54 Å². The summed E-state index contributed by atoms with van der Waals surface area (Å²) in [5.41, 5.74) is 1.26. The summed E-state index contributed by atoms with van der Waals surface area (Å²) in [5.74, 6) is 0.867. The predicted octanol–water partition coefficient (Wildman–Crippen LogP) is 2.87. The van der Waals surface area contributed by atoms with E-state index in [0.29, 0.717) is 0 Å². The lowest BCUT2D eigenvalue weighted by Crippen LogP contribution is -2.30. The van der Waals surface area contributed by atoms with Crippen LogP contribution in [0.4, 0.5) is 0 Å². The van der Waals surface area contributed by atoms with Gasteiger partial charge in [0.25, 0.3) is 0 Å². The normalized spacial score (nSPS) is 23.9. The third-order valence-corrected chi connectivity index (χ3v) is 3.71. The van der Waals surface area contributed by atoms with E-state index in [9.17, 15) is 5.11 Å². The summed E-state index contributed by atoms with van der Waals surface area (Å²) in [5, 5.41) is 13.3. The van der Waals surface area contributed by atoms with Gasteiger partial charge in [0.2, 0.25) is 0 Å². The molecule has 3 nitrogen and oxygen atoms in total. The third-order valence-electron chi connectivity index (χ3n) is 3.71. The van der Waals surface area contributed by atoms with Crippen LogP contribution in [0.3, 0.4) is 0 Å². The molecule has 1 saturated carbocycles. The number of aliphatic hydroxyl groups is 1. The molecule has 0 radical (unpaired) electrons. The van der Waals surface area contributed by atoms with Gasteiger partial charge in [0.1, 0.15) is 11.9 Å². The average Bonchev–Trinajstić information content (AvgIpc) is 2.63. The minimum absolute atomic E-state index is 0.0397. The van der Waals surface area contributed by atoms with Gasteiger partial charge >= 0.3 is 0 Å². The van der Waals surface area contributed by atoms with Crippen molar-refractivity contribution in [2.45, 2.75) is 57.8 Å². The van der Waals surface area contributed by atoms with Crippen molar-refractivity contribution in [2.24, 2.45) is 0 Å². The van der Waals surface area contributed by atoms with Crippen molar-refractivity contribution in [3.8, 4) is 5.75 Å². The Morgan fingerprint density at radius 2 is 1.89 bits per heavy atom. The highest BCUT2D eigenvalue weighted by atomic mass is 16.5. The van der Waals surface area contributed by atoms with Crippen molar-refractivity contribution in [1.29, 1.82) is 0 Å². The van der Waals surface area contributed by atoms with E-state index >= 15 is 0 Å². The molecule has 1 aliphatic rings. The minimum Gasteiger partial charge on any atom is -0.488 e. The van der Waals surface area contributed by atoms with E-state index < -0.39 is 0 Å². The van der Waals surface area contributed by atoms with Crippen molar-refractivity contribution >= 4 is 0 Å². The number of aliphatic hydroxyl groups excluding tert-OH is 1. The molecule has 0 saturated heterocycles.